The summed E-state index contributed by atoms with van der Waals surface area (Å²) in [4.78, 5) is 33.6. The van der Waals surface area contributed by atoms with Crippen molar-refractivity contribution in [3.63, 3.8) is 0 Å². The second kappa shape index (κ2) is 8.57. The van der Waals surface area contributed by atoms with E-state index in [2.05, 4.69) is 10.1 Å². The Balaban J connectivity index is 1.21. The van der Waals surface area contributed by atoms with Crippen LogP contribution in [0.25, 0.3) is 0 Å². The van der Waals surface area contributed by atoms with E-state index in [1.54, 1.807) is 4.90 Å². The SMILES string of the molecule is Cc1ccc(N2C[C@H](c3noc(C4CCN(C(=O)c5ccccc5)CC4)n3)CC2=O)cc1. The molecule has 2 amide bonds. The Kier molecular flexibility index (Phi) is 5.47. The van der Waals surface area contributed by atoms with Crippen LogP contribution in [0.3, 0.4) is 0 Å². The van der Waals surface area contributed by atoms with Crippen LogP contribution in [0.5, 0.6) is 0 Å². The van der Waals surface area contributed by atoms with Crippen molar-refractivity contribution in [1.29, 1.82) is 0 Å². The number of amides is 2. The highest BCUT2D eigenvalue weighted by molar-refractivity contribution is 5.96. The van der Waals surface area contributed by atoms with Crippen molar-refractivity contribution in [2.24, 2.45) is 0 Å². The topological polar surface area (TPSA) is 79.5 Å². The molecule has 0 unspecified atom stereocenters. The van der Waals surface area contributed by atoms with Crippen molar-refractivity contribution in [2.45, 2.75) is 38.0 Å². The third-order valence-electron chi connectivity index (χ3n) is 6.45. The number of aromatic nitrogens is 2. The second-order valence-corrected chi connectivity index (χ2v) is 8.66. The van der Waals surface area contributed by atoms with Gasteiger partial charge in [-0.05, 0) is 44.0 Å². The molecule has 1 aromatic heterocycles. The summed E-state index contributed by atoms with van der Waals surface area (Å²) in [7, 11) is 0. The molecule has 0 bridgehead atoms. The maximum absolute atomic E-state index is 12.7. The number of likely N-dealkylation sites (tertiary alicyclic amines) is 1. The average molecular weight is 431 g/mol. The fraction of sp³-hybridized carbons (Fsp3) is 0.360. The van der Waals surface area contributed by atoms with Gasteiger partial charge in [-0.25, -0.2) is 0 Å². The summed E-state index contributed by atoms with van der Waals surface area (Å²) >= 11 is 0. The van der Waals surface area contributed by atoms with Gasteiger partial charge in [0.1, 0.15) is 0 Å². The Bertz CT molecular complexity index is 1100. The molecule has 0 saturated carbocycles. The Morgan fingerprint density at radius 1 is 1.00 bits per heavy atom. The predicted octanol–water partition coefficient (Wildman–Crippen LogP) is 3.92. The highest BCUT2D eigenvalue weighted by atomic mass is 16.5. The van der Waals surface area contributed by atoms with Crippen molar-refractivity contribution < 1.29 is 14.1 Å². The molecule has 32 heavy (non-hydrogen) atoms. The molecule has 164 valence electrons. The molecular formula is C25H26N4O3. The van der Waals surface area contributed by atoms with Gasteiger partial charge in [-0.2, -0.15) is 4.98 Å². The van der Waals surface area contributed by atoms with Crippen LogP contribution in [0.4, 0.5) is 5.69 Å². The van der Waals surface area contributed by atoms with Crippen LogP contribution in [0.1, 0.15) is 58.7 Å². The number of benzene rings is 2. The molecule has 2 saturated heterocycles. The van der Waals surface area contributed by atoms with Gasteiger partial charge in [-0.15, -0.1) is 0 Å². The predicted molar refractivity (Wildman–Crippen MR) is 120 cm³/mol. The minimum absolute atomic E-state index is 0.0657. The quantitative estimate of drug-likeness (QED) is 0.627. The van der Waals surface area contributed by atoms with Crippen LogP contribution < -0.4 is 4.90 Å². The van der Waals surface area contributed by atoms with E-state index in [-0.39, 0.29) is 23.7 Å². The van der Waals surface area contributed by atoms with Gasteiger partial charge in [0.25, 0.3) is 5.91 Å². The van der Waals surface area contributed by atoms with E-state index in [1.165, 1.54) is 0 Å². The number of carbonyl (C=O) groups excluding carboxylic acids is 2. The van der Waals surface area contributed by atoms with Crippen molar-refractivity contribution >= 4 is 17.5 Å². The molecule has 1 atom stereocenters. The van der Waals surface area contributed by atoms with Crippen LogP contribution >= 0.6 is 0 Å². The van der Waals surface area contributed by atoms with Crippen molar-refractivity contribution in [1.82, 2.24) is 15.0 Å². The number of hydrogen-bond acceptors (Lipinski definition) is 5. The van der Waals surface area contributed by atoms with Crippen LogP contribution in [-0.4, -0.2) is 46.5 Å². The molecule has 5 rings (SSSR count). The first-order valence-electron chi connectivity index (χ1n) is 11.1. The molecule has 2 fully saturated rings. The van der Waals surface area contributed by atoms with Gasteiger partial charge in [0.15, 0.2) is 5.82 Å². The molecule has 7 heteroatoms. The molecular weight excluding hydrogens is 404 g/mol. The molecule has 2 aliphatic heterocycles. The van der Waals surface area contributed by atoms with Crippen molar-refractivity contribution in [3.05, 3.63) is 77.4 Å². The van der Waals surface area contributed by atoms with E-state index < -0.39 is 0 Å². The Hall–Kier alpha value is -3.48. The zero-order valence-corrected chi connectivity index (χ0v) is 18.1. The number of anilines is 1. The summed E-state index contributed by atoms with van der Waals surface area (Å²) in [5.74, 6) is 1.44. The lowest BCUT2D eigenvalue weighted by atomic mass is 9.96. The van der Waals surface area contributed by atoms with Crippen molar-refractivity contribution in [3.8, 4) is 0 Å². The smallest absolute Gasteiger partial charge is 0.253 e. The van der Waals surface area contributed by atoms with E-state index >= 15 is 0 Å². The molecule has 7 nitrogen and oxygen atoms in total. The third-order valence-corrected chi connectivity index (χ3v) is 6.45. The van der Waals surface area contributed by atoms with Crippen LogP contribution in [0, 0.1) is 6.92 Å². The van der Waals surface area contributed by atoms with Gasteiger partial charge >= 0.3 is 0 Å². The molecule has 0 spiro atoms. The van der Waals surface area contributed by atoms with Crippen LogP contribution in [0.2, 0.25) is 0 Å². The van der Waals surface area contributed by atoms with E-state index in [4.69, 9.17) is 4.52 Å². The summed E-state index contributed by atoms with van der Waals surface area (Å²) in [6.45, 7) is 3.92. The van der Waals surface area contributed by atoms with E-state index in [0.717, 1.165) is 29.7 Å². The van der Waals surface area contributed by atoms with Gasteiger partial charge in [-0.3, -0.25) is 9.59 Å². The summed E-state index contributed by atoms with van der Waals surface area (Å²) in [6, 6.07) is 17.3. The first kappa shape index (κ1) is 20.4. The van der Waals surface area contributed by atoms with Gasteiger partial charge in [0.2, 0.25) is 11.8 Å². The fourth-order valence-corrected chi connectivity index (χ4v) is 4.53. The molecule has 0 N–H and O–H groups in total. The third kappa shape index (κ3) is 4.02. The Morgan fingerprint density at radius 3 is 2.44 bits per heavy atom. The summed E-state index contributed by atoms with van der Waals surface area (Å²) in [5.41, 5.74) is 2.79. The number of piperidine rings is 1. The van der Waals surface area contributed by atoms with Crippen LogP contribution in [-0.2, 0) is 4.79 Å². The summed E-state index contributed by atoms with van der Waals surface area (Å²) in [5, 5.41) is 4.21. The lowest BCUT2D eigenvalue weighted by Gasteiger charge is -2.30. The number of carbonyl (C=O) groups is 2. The molecule has 0 radical (unpaired) electrons. The number of aryl methyl sites for hydroxylation is 1. The Morgan fingerprint density at radius 2 is 1.72 bits per heavy atom. The number of nitrogens with zero attached hydrogens (tertiary/aromatic N) is 4. The maximum atomic E-state index is 12.7. The minimum Gasteiger partial charge on any atom is -0.339 e. The largest absolute Gasteiger partial charge is 0.339 e. The zero-order chi connectivity index (χ0) is 22.1. The number of rotatable bonds is 4. The monoisotopic (exact) mass is 430 g/mol. The van der Waals surface area contributed by atoms with Gasteiger partial charge in [0.05, 0.1) is 0 Å². The van der Waals surface area contributed by atoms with Crippen LogP contribution in [0.15, 0.2) is 59.1 Å². The maximum Gasteiger partial charge on any atom is 0.253 e. The summed E-state index contributed by atoms with van der Waals surface area (Å²) < 4.78 is 5.59. The minimum atomic E-state index is -0.0685. The van der Waals surface area contributed by atoms with Gasteiger partial charge < -0.3 is 14.3 Å². The van der Waals surface area contributed by atoms with Gasteiger partial charge in [-0.1, -0.05) is 41.1 Å². The average Bonchev–Trinajstić information content (AvgIpc) is 3.47. The standard InChI is InChI=1S/C25H26N4O3/c1-17-7-9-21(10-8-17)29-16-20(15-22(29)30)23-26-24(32-27-23)18-11-13-28(14-12-18)25(31)19-5-3-2-4-6-19/h2-10,18,20H,11-16H2,1H3/t20-/m1/s1. The first-order chi connectivity index (χ1) is 15.6. The fourth-order valence-electron chi connectivity index (χ4n) is 4.53. The first-order valence-corrected chi connectivity index (χ1v) is 11.1. The molecule has 2 aromatic carbocycles. The highest BCUT2D eigenvalue weighted by Crippen LogP contribution is 2.33. The lowest BCUT2D eigenvalue weighted by Crippen LogP contribution is -2.38. The molecule has 0 aliphatic carbocycles. The van der Waals surface area contributed by atoms with E-state index in [0.29, 0.717) is 37.8 Å². The molecule has 3 aromatic rings. The Labute approximate surface area is 187 Å². The number of hydrogen-bond donors (Lipinski definition) is 0. The molecule has 3 heterocycles. The lowest BCUT2D eigenvalue weighted by molar-refractivity contribution is -0.117. The normalized spacial score (nSPS) is 19.5. The summed E-state index contributed by atoms with van der Waals surface area (Å²) in [6.07, 6.45) is 1.97. The van der Waals surface area contributed by atoms with Gasteiger partial charge in [0, 0.05) is 49.1 Å². The highest BCUT2D eigenvalue weighted by Gasteiger charge is 2.35. The van der Waals surface area contributed by atoms with Crippen molar-refractivity contribution in [2.75, 3.05) is 24.5 Å². The zero-order valence-electron chi connectivity index (χ0n) is 18.1. The second-order valence-electron chi connectivity index (χ2n) is 8.66. The molecule has 2 aliphatic rings. The van der Waals surface area contributed by atoms with E-state index in [1.807, 2.05) is 66.4 Å². The van der Waals surface area contributed by atoms with E-state index in [9.17, 15) is 9.59 Å².